The Morgan fingerprint density at radius 1 is 1.23 bits per heavy atom. The zero-order valence-corrected chi connectivity index (χ0v) is 18.4. The number of alkyl halides is 2. The molecule has 1 aliphatic rings. The average molecular weight is 462 g/mol. The van der Waals surface area contributed by atoms with Gasteiger partial charge in [0, 0.05) is 19.6 Å². The van der Waals surface area contributed by atoms with Gasteiger partial charge in [-0.05, 0) is 24.8 Å². The van der Waals surface area contributed by atoms with Gasteiger partial charge in [0.2, 0.25) is 5.91 Å². The lowest BCUT2D eigenvalue weighted by molar-refractivity contribution is -0.147. The number of carbonyl (C=O) groups is 2. The normalized spacial score (nSPS) is 27.3. The molecule has 6 atom stereocenters. The Balaban J connectivity index is 2.01. The van der Waals surface area contributed by atoms with E-state index >= 15 is 0 Å². The quantitative estimate of drug-likeness (QED) is 0.278. The number of amides is 1. The fourth-order valence-electron chi connectivity index (χ4n) is 3.49. The molecule has 7 nitrogen and oxygen atoms in total. The first-order chi connectivity index (χ1) is 14.4. The third-order valence-corrected chi connectivity index (χ3v) is 6.11. The lowest BCUT2D eigenvalue weighted by atomic mass is 9.83. The minimum absolute atomic E-state index is 0.0673. The maximum absolute atomic E-state index is 12.9. The second-order valence-electron chi connectivity index (χ2n) is 7.33. The van der Waals surface area contributed by atoms with Crippen molar-refractivity contribution in [2.24, 2.45) is 5.92 Å². The first-order valence-electron chi connectivity index (χ1n) is 9.99. The van der Waals surface area contributed by atoms with Crippen molar-refractivity contribution in [1.82, 2.24) is 5.32 Å². The van der Waals surface area contributed by atoms with Crippen LogP contribution in [0.4, 0.5) is 0 Å². The molecule has 1 aromatic carbocycles. The molecule has 1 aromatic rings. The van der Waals surface area contributed by atoms with E-state index in [0.717, 1.165) is 5.56 Å². The molecular weight excluding hydrogens is 433 g/mol. The van der Waals surface area contributed by atoms with Crippen molar-refractivity contribution in [1.29, 1.82) is 0 Å². The van der Waals surface area contributed by atoms with Gasteiger partial charge in [0.15, 0.2) is 0 Å². The largest absolute Gasteiger partial charge is 0.467 e. The number of aliphatic hydroxyl groups excluding tert-OH is 2. The number of halogens is 2. The molecule has 1 fully saturated rings. The number of rotatable bonds is 10. The third kappa shape index (κ3) is 6.82. The smallest absolute Gasteiger partial charge is 0.328 e. The number of esters is 1. The van der Waals surface area contributed by atoms with Crippen LogP contribution in [0.2, 0.25) is 0 Å². The van der Waals surface area contributed by atoms with Crippen LogP contribution in [0.15, 0.2) is 30.3 Å². The second-order valence-corrected chi connectivity index (χ2v) is 8.40. The van der Waals surface area contributed by atoms with E-state index in [4.69, 9.17) is 37.8 Å². The van der Waals surface area contributed by atoms with Gasteiger partial charge in [0.25, 0.3) is 0 Å². The Labute approximate surface area is 186 Å². The summed E-state index contributed by atoms with van der Waals surface area (Å²) < 4.78 is 10.5. The van der Waals surface area contributed by atoms with Crippen LogP contribution in [0.1, 0.15) is 24.8 Å². The minimum Gasteiger partial charge on any atom is -0.467 e. The van der Waals surface area contributed by atoms with Crippen LogP contribution in [0.25, 0.3) is 0 Å². The number of aliphatic hydroxyl groups is 2. The zero-order chi connectivity index (χ0) is 22.1. The average Bonchev–Trinajstić information content (AvgIpc) is 2.75. The van der Waals surface area contributed by atoms with Crippen molar-refractivity contribution in [2.45, 2.75) is 54.7 Å². The first kappa shape index (κ1) is 24.9. The molecule has 0 bridgehead atoms. The fraction of sp³-hybridized carbons (Fsp3) is 0.619. The molecule has 0 spiro atoms. The summed E-state index contributed by atoms with van der Waals surface area (Å²) >= 11 is 12.8. The zero-order valence-electron chi connectivity index (χ0n) is 16.9. The van der Waals surface area contributed by atoms with Gasteiger partial charge in [-0.15, -0.1) is 23.2 Å². The highest BCUT2D eigenvalue weighted by Gasteiger charge is 2.46. The lowest BCUT2D eigenvalue weighted by Gasteiger charge is -2.39. The molecule has 1 saturated carbocycles. The number of hydrogen-bond acceptors (Lipinski definition) is 6. The van der Waals surface area contributed by atoms with Crippen molar-refractivity contribution in [2.75, 3.05) is 20.3 Å². The lowest BCUT2D eigenvalue weighted by Crippen LogP contribution is -2.56. The molecule has 168 valence electrons. The van der Waals surface area contributed by atoms with E-state index in [2.05, 4.69) is 5.32 Å². The maximum atomic E-state index is 12.9. The number of carbonyl (C=O) groups excluding carboxylic acids is 2. The Kier molecular flexibility index (Phi) is 10.3. The Morgan fingerprint density at radius 3 is 2.57 bits per heavy atom. The number of nitrogens with one attached hydrogen (secondary N) is 1. The van der Waals surface area contributed by atoms with Crippen molar-refractivity contribution >= 4 is 35.1 Å². The highest BCUT2D eigenvalue weighted by Crippen LogP contribution is 2.34. The van der Waals surface area contributed by atoms with Gasteiger partial charge in [-0.2, -0.15) is 0 Å². The first-order valence-corrected chi connectivity index (χ1v) is 10.9. The molecule has 0 radical (unpaired) electrons. The van der Waals surface area contributed by atoms with E-state index in [0.29, 0.717) is 19.4 Å². The molecule has 1 aliphatic carbocycles. The van der Waals surface area contributed by atoms with Crippen LogP contribution in [-0.4, -0.2) is 71.4 Å². The molecule has 1 amide bonds. The van der Waals surface area contributed by atoms with Gasteiger partial charge in [-0.25, -0.2) is 4.79 Å². The number of hydrogen-bond donors (Lipinski definition) is 3. The molecule has 0 saturated heterocycles. The van der Waals surface area contributed by atoms with Gasteiger partial charge in [-0.1, -0.05) is 30.3 Å². The van der Waals surface area contributed by atoms with E-state index < -0.39 is 46.8 Å². The van der Waals surface area contributed by atoms with Crippen LogP contribution >= 0.6 is 23.2 Å². The minimum atomic E-state index is -1.18. The Hall–Kier alpha value is -1.38. The topological polar surface area (TPSA) is 105 Å². The van der Waals surface area contributed by atoms with Gasteiger partial charge in [0.05, 0.1) is 36.0 Å². The van der Waals surface area contributed by atoms with Crippen LogP contribution in [0, 0.1) is 5.92 Å². The summed E-state index contributed by atoms with van der Waals surface area (Å²) in [5.41, 5.74) is 0.860. The van der Waals surface area contributed by atoms with E-state index in [1.165, 1.54) is 7.11 Å². The van der Waals surface area contributed by atoms with Crippen molar-refractivity contribution in [3.63, 3.8) is 0 Å². The monoisotopic (exact) mass is 461 g/mol. The fourth-order valence-corrected chi connectivity index (χ4v) is 4.41. The molecule has 2 rings (SSSR count). The Morgan fingerprint density at radius 2 is 1.93 bits per heavy atom. The highest BCUT2D eigenvalue weighted by atomic mass is 35.5. The van der Waals surface area contributed by atoms with E-state index in [1.54, 1.807) is 0 Å². The summed E-state index contributed by atoms with van der Waals surface area (Å²) in [6.45, 7) is 0.417. The molecule has 0 aliphatic heterocycles. The van der Waals surface area contributed by atoms with Gasteiger partial charge < -0.3 is 25.0 Å². The van der Waals surface area contributed by atoms with E-state index in [9.17, 15) is 14.7 Å². The summed E-state index contributed by atoms with van der Waals surface area (Å²) in [5.74, 6) is -1.97. The molecule has 5 unspecified atom stereocenters. The highest BCUT2D eigenvalue weighted by molar-refractivity contribution is 6.25. The molecule has 9 heteroatoms. The van der Waals surface area contributed by atoms with Crippen LogP contribution in [0.3, 0.4) is 0 Å². The summed E-state index contributed by atoms with van der Waals surface area (Å²) in [4.78, 5) is 25.0. The van der Waals surface area contributed by atoms with Crippen LogP contribution in [0.5, 0.6) is 0 Å². The standard InChI is InChI=1S/C21H29Cl2NO6/c1-29-21(28)16(11-13-7-3-2-4-8-13)24-20(27)14-12-15(22)19(17(23)18(14)26)30-10-6-5-9-25/h2-4,7-8,14-19,25-26H,5-6,9-12H2,1H3,(H,24,27)/t14?,15?,16-,17?,18?,19?/m0/s1. The summed E-state index contributed by atoms with van der Waals surface area (Å²) in [5, 5.41) is 20.7. The molecular formula is C21H29Cl2NO6. The number of unbranched alkanes of at least 4 members (excludes halogenated alkanes) is 1. The summed E-state index contributed by atoms with van der Waals surface area (Å²) in [7, 11) is 1.25. The summed E-state index contributed by atoms with van der Waals surface area (Å²) in [6, 6.07) is 8.34. The molecule has 30 heavy (non-hydrogen) atoms. The Bertz CT molecular complexity index is 677. The van der Waals surface area contributed by atoms with Crippen LogP contribution in [-0.2, 0) is 25.5 Å². The van der Waals surface area contributed by atoms with E-state index in [1.807, 2.05) is 30.3 Å². The predicted molar refractivity (Wildman–Crippen MR) is 114 cm³/mol. The van der Waals surface area contributed by atoms with Gasteiger partial charge >= 0.3 is 5.97 Å². The molecule has 3 N–H and O–H groups in total. The van der Waals surface area contributed by atoms with Gasteiger partial charge in [0.1, 0.15) is 6.04 Å². The number of methoxy groups -OCH3 is 1. The van der Waals surface area contributed by atoms with E-state index in [-0.39, 0.29) is 19.4 Å². The predicted octanol–water partition coefficient (Wildman–Crippen LogP) is 1.64. The third-order valence-electron chi connectivity index (χ3n) is 5.17. The maximum Gasteiger partial charge on any atom is 0.328 e. The number of benzene rings is 1. The van der Waals surface area contributed by atoms with Crippen molar-refractivity contribution < 1.29 is 29.3 Å². The molecule has 0 aromatic heterocycles. The number of ether oxygens (including phenoxy) is 2. The SMILES string of the molecule is COC(=O)[C@H](Cc1ccccc1)NC(=O)C1CC(Cl)C(OCCCCO)C(Cl)C1O. The van der Waals surface area contributed by atoms with Crippen LogP contribution < -0.4 is 5.32 Å². The second kappa shape index (κ2) is 12.5. The molecule has 0 heterocycles. The van der Waals surface area contributed by atoms with Gasteiger partial charge in [-0.3, -0.25) is 4.79 Å². The van der Waals surface area contributed by atoms with Crippen molar-refractivity contribution in [3.05, 3.63) is 35.9 Å². The van der Waals surface area contributed by atoms with Crippen molar-refractivity contribution in [3.8, 4) is 0 Å². The summed E-state index contributed by atoms with van der Waals surface area (Å²) in [6.07, 6.45) is -0.155.